The zero-order chi connectivity index (χ0) is 16.1. The summed E-state index contributed by atoms with van der Waals surface area (Å²) in [6.45, 7) is 6.26. The van der Waals surface area contributed by atoms with Gasteiger partial charge in [0.1, 0.15) is 0 Å². The van der Waals surface area contributed by atoms with Crippen molar-refractivity contribution in [1.29, 1.82) is 0 Å². The first-order valence-electron chi connectivity index (χ1n) is 7.68. The molecule has 2 heterocycles. The fraction of sp³-hybridized carbons (Fsp3) is 0.529. The number of fused-ring (bicyclic) bond motifs is 1. The summed E-state index contributed by atoms with van der Waals surface area (Å²) in [5.41, 5.74) is 1.09. The maximum absolute atomic E-state index is 12.8. The molecule has 5 heteroatoms. The van der Waals surface area contributed by atoms with Crippen LogP contribution in [0.25, 0.3) is 0 Å². The Morgan fingerprint density at radius 1 is 1.36 bits per heavy atom. The van der Waals surface area contributed by atoms with Gasteiger partial charge in [-0.15, -0.1) is 0 Å². The third-order valence-electron chi connectivity index (χ3n) is 5.09. The van der Waals surface area contributed by atoms with Crippen LogP contribution in [-0.4, -0.2) is 40.5 Å². The molecule has 0 radical (unpaired) electrons. The molecule has 0 aromatic heterocycles. The van der Waals surface area contributed by atoms with Crippen LogP contribution in [0.3, 0.4) is 0 Å². The second-order valence-electron chi connectivity index (χ2n) is 7.05. The molecule has 0 saturated carbocycles. The Labute approximate surface area is 130 Å². The molecule has 2 amide bonds. The highest BCUT2D eigenvalue weighted by Crippen LogP contribution is 2.38. The molecule has 1 fully saturated rings. The first-order chi connectivity index (χ1) is 10.3. The molecule has 1 aromatic carbocycles. The van der Waals surface area contributed by atoms with E-state index < -0.39 is 11.0 Å². The highest BCUT2D eigenvalue weighted by molar-refractivity contribution is 6.07. The molecule has 2 aliphatic rings. The van der Waals surface area contributed by atoms with E-state index in [4.69, 9.17) is 0 Å². The van der Waals surface area contributed by atoms with Crippen LogP contribution in [0.5, 0.6) is 0 Å². The van der Waals surface area contributed by atoms with E-state index in [9.17, 15) is 14.7 Å². The van der Waals surface area contributed by atoms with Gasteiger partial charge < -0.3 is 15.3 Å². The fourth-order valence-corrected chi connectivity index (χ4v) is 3.39. The third-order valence-corrected chi connectivity index (χ3v) is 5.09. The number of nitrogens with zero attached hydrogens (tertiary/aromatic N) is 1. The monoisotopic (exact) mass is 302 g/mol. The first kappa shape index (κ1) is 15.0. The van der Waals surface area contributed by atoms with Gasteiger partial charge in [-0.3, -0.25) is 9.59 Å². The Morgan fingerprint density at radius 3 is 2.77 bits per heavy atom. The largest absolute Gasteiger partial charge is 0.394 e. The smallest absolute Gasteiger partial charge is 0.254 e. The van der Waals surface area contributed by atoms with Gasteiger partial charge in [-0.25, -0.2) is 0 Å². The van der Waals surface area contributed by atoms with Gasteiger partial charge in [0, 0.05) is 17.8 Å². The van der Waals surface area contributed by atoms with Crippen LogP contribution >= 0.6 is 0 Å². The Hall–Kier alpha value is -1.88. The molecule has 22 heavy (non-hydrogen) atoms. The lowest BCUT2D eigenvalue weighted by molar-refractivity contribution is -0.119. The molecule has 2 N–H and O–H groups in total. The van der Waals surface area contributed by atoms with Crippen LogP contribution in [0.15, 0.2) is 18.2 Å². The molecule has 5 nitrogen and oxygen atoms in total. The number of hydrogen-bond donors (Lipinski definition) is 2. The Morgan fingerprint density at radius 2 is 2.09 bits per heavy atom. The molecule has 1 saturated heterocycles. The van der Waals surface area contributed by atoms with Crippen molar-refractivity contribution in [2.24, 2.45) is 0 Å². The van der Waals surface area contributed by atoms with Crippen molar-refractivity contribution in [2.45, 2.75) is 44.6 Å². The summed E-state index contributed by atoms with van der Waals surface area (Å²) >= 11 is 0. The van der Waals surface area contributed by atoms with Gasteiger partial charge in [-0.2, -0.15) is 0 Å². The lowest BCUT2D eigenvalue weighted by atomic mass is 9.85. The summed E-state index contributed by atoms with van der Waals surface area (Å²) in [7, 11) is 0. The third kappa shape index (κ3) is 2.03. The van der Waals surface area contributed by atoms with Crippen molar-refractivity contribution in [1.82, 2.24) is 4.90 Å². The van der Waals surface area contributed by atoms with Crippen molar-refractivity contribution < 1.29 is 14.7 Å². The number of hydrogen-bond acceptors (Lipinski definition) is 3. The second kappa shape index (κ2) is 4.81. The number of rotatable bonds is 2. The summed E-state index contributed by atoms with van der Waals surface area (Å²) in [6.07, 6.45) is 1.71. The normalized spacial score (nSPS) is 26.0. The zero-order valence-electron chi connectivity index (χ0n) is 13.3. The van der Waals surface area contributed by atoms with Gasteiger partial charge in [0.05, 0.1) is 17.6 Å². The topological polar surface area (TPSA) is 69.6 Å². The van der Waals surface area contributed by atoms with Crippen molar-refractivity contribution in [3.05, 3.63) is 29.3 Å². The van der Waals surface area contributed by atoms with E-state index >= 15 is 0 Å². The van der Waals surface area contributed by atoms with E-state index in [2.05, 4.69) is 5.32 Å². The minimum absolute atomic E-state index is 0.0325. The zero-order valence-corrected chi connectivity index (χ0v) is 13.3. The maximum atomic E-state index is 12.8. The highest BCUT2D eigenvalue weighted by Gasteiger charge is 2.41. The Balaban J connectivity index is 1.96. The van der Waals surface area contributed by atoms with Crippen LogP contribution < -0.4 is 5.32 Å². The molecule has 1 atom stereocenters. The molecule has 1 unspecified atom stereocenters. The van der Waals surface area contributed by atoms with E-state index in [-0.39, 0.29) is 18.4 Å². The minimum atomic E-state index is -0.628. The van der Waals surface area contributed by atoms with Gasteiger partial charge in [0.15, 0.2) is 0 Å². The SMILES string of the molecule is CC1(C)C(=O)Nc2ccc(C(=O)N3CCCC3(C)CO)cc21. The van der Waals surface area contributed by atoms with Crippen LogP contribution in [-0.2, 0) is 10.2 Å². The number of aliphatic hydroxyl groups is 1. The van der Waals surface area contributed by atoms with Gasteiger partial charge in [-0.05, 0) is 57.4 Å². The Bertz CT molecular complexity index is 653. The lowest BCUT2D eigenvalue weighted by Crippen LogP contribution is -2.47. The van der Waals surface area contributed by atoms with E-state index in [1.807, 2.05) is 26.8 Å². The predicted molar refractivity (Wildman–Crippen MR) is 83.9 cm³/mol. The van der Waals surface area contributed by atoms with E-state index in [1.54, 1.807) is 17.0 Å². The standard InChI is InChI=1S/C17H22N2O3/c1-16(2)12-9-11(5-6-13(12)18-15(16)22)14(21)19-8-4-7-17(19,3)10-20/h5-6,9,20H,4,7-8,10H2,1-3H3,(H,18,22). The second-order valence-corrected chi connectivity index (χ2v) is 7.05. The van der Waals surface area contributed by atoms with Crippen LogP contribution in [0.4, 0.5) is 5.69 Å². The van der Waals surface area contributed by atoms with Crippen LogP contribution in [0.1, 0.15) is 49.5 Å². The van der Waals surface area contributed by atoms with Crippen LogP contribution in [0.2, 0.25) is 0 Å². The summed E-state index contributed by atoms with van der Waals surface area (Å²) < 4.78 is 0. The number of likely N-dealkylation sites (tertiary alicyclic amines) is 1. The van der Waals surface area contributed by atoms with Crippen LogP contribution in [0, 0.1) is 0 Å². The molecule has 0 bridgehead atoms. The molecule has 0 aliphatic carbocycles. The Kier molecular flexibility index (Phi) is 3.29. The average molecular weight is 302 g/mol. The summed E-state index contributed by atoms with van der Waals surface area (Å²) in [4.78, 5) is 26.6. The number of carbonyl (C=O) groups excluding carboxylic acids is 2. The molecule has 3 rings (SSSR count). The highest BCUT2D eigenvalue weighted by atomic mass is 16.3. The summed E-state index contributed by atoms with van der Waals surface area (Å²) in [5.74, 6) is -0.125. The molecular formula is C17H22N2O3. The molecular weight excluding hydrogens is 280 g/mol. The van der Waals surface area contributed by atoms with Crippen molar-refractivity contribution in [3.63, 3.8) is 0 Å². The fourth-order valence-electron chi connectivity index (χ4n) is 3.39. The van der Waals surface area contributed by atoms with Crippen molar-refractivity contribution in [2.75, 3.05) is 18.5 Å². The lowest BCUT2D eigenvalue weighted by Gasteiger charge is -2.33. The number of benzene rings is 1. The molecule has 0 spiro atoms. The van der Waals surface area contributed by atoms with E-state index in [0.29, 0.717) is 12.1 Å². The summed E-state index contributed by atoms with van der Waals surface area (Å²) in [6, 6.07) is 5.35. The molecule has 2 aliphatic heterocycles. The number of anilines is 1. The van der Waals surface area contributed by atoms with Gasteiger partial charge >= 0.3 is 0 Å². The van der Waals surface area contributed by atoms with Gasteiger partial charge in [0.25, 0.3) is 5.91 Å². The van der Waals surface area contributed by atoms with E-state index in [0.717, 1.165) is 24.1 Å². The van der Waals surface area contributed by atoms with Crippen molar-refractivity contribution >= 4 is 17.5 Å². The van der Waals surface area contributed by atoms with Gasteiger partial charge in [-0.1, -0.05) is 0 Å². The molecule has 1 aromatic rings. The average Bonchev–Trinajstić information content (AvgIpc) is 2.98. The summed E-state index contributed by atoms with van der Waals surface area (Å²) in [5, 5.41) is 12.5. The molecule has 118 valence electrons. The maximum Gasteiger partial charge on any atom is 0.254 e. The predicted octanol–water partition coefficient (Wildman–Crippen LogP) is 1.90. The van der Waals surface area contributed by atoms with Crippen molar-refractivity contribution in [3.8, 4) is 0 Å². The number of aliphatic hydroxyl groups excluding tert-OH is 1. The quantitative estimate of drug-likeness (QED) is 0.876. The minimum Gasteiger partial charge on any atom is -0.394 e. The number of nitrogens with one attached hydrogen (secondary N) is 1. The number of carbonyl (C=O) groups is 2. The van der Waals surface area contributed by atoms with E-state index in [1.165, 1.54) is 0 Å². The number of amides is 2. The first-order valence-corrected chi connectivity index (χ1v) is 7.68. The van der Waals surface area contributed by atoms with Gasteiger partial charge in [0.2, 0.25) is 5.91 Å².